The predicted molar refractivity (Wildman–Crippen MR) is 88.9 cm³/mol. The second-order valence-electron chi connectivity index (χ2n) is 5.28. The minimum Gasteiger partial charge on any atom is -0.271 e. The molecule has 2 nitrogen and oxygen atoms in total. The number of halogens is 2. The molecule has 0 aliphatic heterocycles. The van der Waals surface area contributed by atoms with E-state index in [4.69, 9.17) is 11.6 Å². The van der Waals surface area contributed by atoms with Crippen LogP contribution in [0, 0.1) is 6.92 Å². The molecular weight excluding hydrogens is 336 g/mol. The third-order valence-electron chi connectivity index (χ3n) is 4.09. The Morgan fingerprint density at radius 3 is 2.40 bits per heavy atom. The SMILES string of the molecule is CCC(CBr)(Cc1c(Cl)c(C)nn1C)c1ccccc1. The summed E-state index contributed by atoms with van der Waals surface area (Å²) in [5.41, 5.74) is 3.39. The Morgan fingerprint density at radius 2 is 1.95 bits per heavy atom. The second-order valence-corrected chi connectivity index (χ2v) is 6.22. The van der Waals surface area contributed by atoms with Crippen LogP contribution in [-0.2, 0) is 18.9 Å². The van der Waals surface area contributed by atoms with Crippen molar-refractivity contribution in [2.24, 2.45) is 7.05 Å². The van der Waals surface area contributed by atoms with Crippen LogP contribution < -0.4 is 0 Å². The highest BCUT2D eigenvalue weighted by Crippen LogP contribution is 2.36. The number of nitrogens with zero attached hydrogens (tertiary/aromatic N) is 2. The van der Waals surface area contributed by atoms with E-state index in [0.717, 1.165) is 34.6 Å². The van der Waals surface area contributed by atoms with Gasteiger partial charge in [0, 0.05) is 24.2 Å². The van der Waals surface area contributed by atoms with Crippen LogP contribution in [0.2, 0.25) is 5.02 Å². The molecule has 1 aromatic heterocycles. The number of hydrogen-bond acceptors (Lipinski definition) is 1. The molecule has 0 aliphatic rings. The van der Waals surface area contributed by atoms with Crippen molar-refractivity contribution in [2.75, 3.05) is 5.33 Å². The summed E-state index contributed by atoms with van der Waals surface area (Å²) in [6.45, 7) is 4.18. The number of aromatic nitrogens is 2. The summed E-state index contributed by atoms with van der Waals surface area (Å²) >= 11 is 10.1. The summed E-state index contributed by atoms with van der Waals surface area (Å²) in [4.78, 5) is 0. The highest BCUT2D eigenvalue weighted by atomic mass is 79.9. The molecule has 0 spiro atoms. The normalized spacial score (nSPS) is 14.2. The van der Waals surface area contributed by atoms with Crippen molar-refractivity contribution in [3.8, 4) is 0 Å². The molecule has 0 N–H and O–H groups in total. The Kier molecular flexibility index (Phi) is 4.92. The van der Waals surface area contributed by atoms with Gasteiger partial charge in [-0.3, -0.25) is 4.68 Å². The van der Waals surface area contributed by atoms with E-state index in [9.17, 15) is 0 Å². The monoisotopic (exact) mass is 354 g/mol. The first-order chi connectivity index (χ1) is 9.54. The zero-order valence-corrected chi connectivity index (χ0v) is 14.5. The summed E-state index contributed by atoms with van der Waals surface area (Å²) in [5, 5.41) is 6.12. The van der Waals surface area contributed by atoms with Crippen LogP contribution in [0.25, 0.3) is 0 Å². The van der Waals surface area contributed by atoms with Gasteiger partial charge in [0.05, 0.1) is 16.4 Å². The van der Waals surface area contributed by atoms with E-state index in [-0.39, 0.29) is 5.41 Å². The molecule has 0 saturated heterocycles. The molecule has 2 aromatic rings. The molecule has 20 heavy (non-hydrogen) atoms. The number of hydrogen-bond donors (Lipinski definition) is 0. The van der Waals surface area contributed by atoms with Gasteiger partial charge in [-0.1, -0.05) is 64.8 Å². The quantitative estimate of drug-likeness (QED) is 0.713. The molecule has 1 atom stereocenters. The lowest BCUT2D eigenvalue weighted by atomic mass is 9.76. The van der Waals surface area contributed by atoms with Crippen LogP contribution in [0.1, 0.15) is 30.3 Å². The number of aryl methyl sites for hydroxylation is 2. The number of alkyl halides is 1. The van der Waals surface area contributed by atoms with Gasteiger partial charge in [-0.25, -0.2) is 0 Å². The lowest BCUT2D eigenvalue weighted by molar-refractivity contribution is 0.448. The molecule has 1 unspecified atom stereocenters. The zero-order chi connectivity index (χ0) is 14.8. The van der Waals surface area contributed by atoms with Gasteiger partial charge < -0.3 is 0 Å². The van der Waals surface area contributed by atoms with Crippen molar-refractivity contribution in [1.82, 2.24) is 9.78 Å². The molecule has 0 amide bonds. The molecule has 2 rings (SSSR count). The van der Waals surface area contributed by atoms with Crippen LogP contribution in [0.4, 0.5) is 0 Å². The van der Waals surface area contributed by atoms with E-state index in [2.05, 4.69) is 58.3 Å². The summed E-state index contributed by atoms with van der Waals surface area (Å²) in [6.07, 6.45) is 1.93. The molecule has 1 heterocycles. The van der Waals surface area contributed by atoms with Gasteiger partial charge in [-0.2, -0.15) is 5.10 Å². The first kappa shape index (κ1) is 15.6. The minimum absolute atomic E-state index is 0.0468. The fourth-order valence-corrected chi connectivity index (χ4v) is 3.78. The summed E-state index contributed by atoms with van der Waals surface area (Å²) in [6, 6.07) is 10.6. The van der Waals surface area contributed by atoms with Crippen molar-refractivity contribution >= 4 is 27.5 Å². The van der Waals surface area contributed by atoms with Gasteiger partial charge >= 0.3 is 0 Å². The molecule has 4 heteroatoms. The summed E-state index contributed by atoms with van der Waals surface area (Å²) < 4.78 is 1.91. The number of benzene rings is 1. The number of rotatable bonds is 5. The topological polar surface area (TPSA) is 17.8 Å². The maximum Gasteiger partial charge on any atom is 0.0847 e. The molecule has 0 saturated carbocycles. The standard InChI is InChI=1S/C16H20BrClN2/c1-4-16(11-17,13-8-6-5-7-9-13)10-14-15(18)12(2)19-20(14)3/h5-9H,4,10-11H2,1-3H3. The largest absolute Gasteiger partial charge is 0.271 e. The summed E-state index contributed by atoms with van der Waals surface area (Å²) in [5.74, 6) is 0. The van der Waals surface area contributed by atoms with Crippen molar-refractivity contribution in [3.05, 3.63) is 52.3 Å². The van der Waals surface area contributed by atoms with E-state index >= 15 is 0 Å². The predicted octanol–water partition coefficient (Wildman–Crippen LogP) is 4.67. The van der Waals surface area contributed by atoms with Gasteiger partial charge in [0.25, 0.3) is 0 Å². The highest BCUT2D eigenvalue weighted by molar-refractivity contribution is 9.09. The average molecular weight is 356 g/mol. The van der Waals surface area contributed by atoms with Crippen LogP contribution in [-0.4, -0.2) is 15.1 Å². The van der Waals surface area contributed by atoms with Crippen molar-refractivity contribution in [1.29, 1.82) is 0 Å². The third-order valence-corrected chi connectivity index (χ3v) is 5.65. The second kappa shape index (κ2) is 6.31. The van der Waals surface area contributed by atoms with E-state index < -0.39 is 0 Å². The maximum atomic E-state index is 6.42. The summed E-state index contributed by atoms with van der Waals surface area (Å²) in [7, 11) is 1.97. The van der Waals surface area contributed by atoms with E-state index in [1.165, 1.54) is 5.56 Å². The van der Waals surface area contributed by atoms with Gasteiger partial charge in [0.1, 0.15) is 0 Å². The Balaban J connectivity index is 2.45. The Bertz CT molecular complexity index is 574. The van der Waals surface area contributed by atoms with Gasteiger partial charge in [0.15, 0.2) is 0 Å². The fraction of sp³-hybridized carbons (Fsp3) is 0.438. The first-order valence-corrected chi connectivity index (χ1v) is 8.33. The average Bonchev–Trinajstić information content (AvgIpc) is 2.71. The molecule has 1 aromatic carbocycles. The Morgan fingerprint density at radius 1 is 1.30 bits per heavy atom. The van der Waals surface area contributed by atoms with E-state index in [0.29, 0.717) is 0 Å². The van der Waals surface area contributed by atoms with Gasteiger partial charge in [-0.05, 0) is 18.9 Å². The third kappa shape index (κ3) is 2.79. The van der Waals surface area contributed by atoms with Crippen molar-refractivity contribution in [2.45, 2.75) is 32.1 Å². The Labute approximate surface area is 134 Å². The molecule has 108 valence electrons. The maximum absolute atomic E-state index is 6.42. The zero-order valence-electron chi connectivity index (χ0n) is 12.2. The molecular formula is C16H20BrClN2. The van der Waals surface area contributed by atoms with Crippen LogP contribution in [0.15, 0.2) is 30.3 Å². The smallest absolute Gasteiger partial charge is 0.0847 e. The van der Waals surface area contributed by atoms with Crippen LogP contribution in [0.5, 0.6) is 0 Å². The molecule has 0 radical (unpaired) electrons. The Hall–Kier alpha value is -0.800. The molecule has 0 fully saturated rings. The van der Waals surface area contributed by atoms with Crippen molar-refractivity contribution in [3.63, 3.8) is 0 Å². The van der Waals surface area contributed by atoms with E-state index in [1.54, 1.807) is 0 Å². The lowest BCUT2D eigenvalue weighted by Gasteiger charge is -2.31. The fourth-order valence-electron chi connectivity index (χ4n) is 2.63. The molecule has 0 bridgehead atoms. The van der Waals surface area contributed by atoms with E-state index in [1.807, 2.05) is 18.7 Å². The first-order valence-electron chi connectivity index (χ1n) is 6.83. The van der Waals surface area contributed by atoms with Crippen molar-refractivity contribution < 1.29 is 0 Å². The lowest BCUT2D eigenvalue weighted by Crippen LogP contribution is -2.31. The highest BCUT2D eigenvalue weighted by Gasteiger charge is 2.32. The molecule has 0 aliphatic carbocycles. The van der Waals surface area contributed by atoms with Gasteiger partial charge in [0.2, 0.25) is 0 Å². The van der Waals surface area contributed by atoms with Crippen LogP contribution in [0.3, 0.4) is 0 Å². The van der Waals surface area contributed by atoms with Gasteiger partial charge in [-0.15, -0.1) is 0 Å². The minimum atomic E-state index is 0.0468. The van der Waals surface area contributed by atoms with Crippen LogP contribution >= 0.6 is 27.5 Å².